The standard InChI is InChI=1S/C37H40F2O4S2/c1-37(2)42-35(33(25-44-23-29-9-5-3-6-10-29)40-21-27-13-17-31(38)18-14-27)36(43-37)34(26-45-24-30-11-7-4-8-12-30)41-22-28-15-19-32(39)20-16-28/h3-20,33-36H,21-26H2,1-2H3/t33-,34-,35-,36-/m1/s1. The molecule has 1 fully saturated rings. The number of ether oxygens (including phenoxy) is 4. The average molecular weight is 651 g/mol. The molecular formula is C37H40F2O4S2. The normalized spacial score (nSPS) is 18.9. The van der Waals surface area contributed by atoms with Crippen LogP contribution in [-0.4, -0.2) is 41.7 Å². The molecule has 4 atom stereocenters. The molecule has 4 nitrogen and oxygen atoms in total. The van der Waals surface area contributed by atoms with Crippen molar-refractivity contribution in [3.63, 3.8) is 0 Å². The second-order valence-corrected chi connectivity index (χ2v) is 13.6. The summed E-state index contributed by atoms with van der Waals surface area (Å²) in [4.78, 5) is 0. The van der Waals surface area contributed by atoms with E-state index in [0.29, 0.717) is 24.7 Å². The minimum absolute atomic E-state index is 0.280. The summed E-state index contributed by atoms with van der Waals surface area (Å²) in [5.41, 5.74) is 4.23. The predicted molar refractivity (Wildman–Crippen MR) is 179 cm³/mol. The summed E-state index contributed by atoms with van der Waals surface area (Å²) in [6.07, 6.45) is -1.49. The van der Waals surface area contributed by atoms with Crippen molar-refractivity contribution in [2.24, 2.45) is 0 Å². The van der Waals surface area contributed by atoms with Crippen LogP contribution in [0, 0.1) is 11.6 Å². The van der Waals surface area contributed by atoms with Gasteiger partial charge in [0.05, 0.1) is 25.4 Å². The van der Waals surface area contributed by atoms with Gasteiger partial charge in [0.2, 0.25) is 0 Å². The molecule has 0 aromatic heterocycles. The molecule has 1 saturated heterocycles. The van der Waals surface area contributed by atoms with Crippen molar-refractivity contribution >= 4 is 23.5 Å². The van der Waals surface area contributed by atoms with Crippen LogP contribution in [-0.2, 0) is 43.7 Å². The molecule has 0 spiro atoms. The maximum Gasteiger partial charge on any atom is 0.164 e. The van der Waals surface area contributed by atoms with E-state index in [2.05, 4.69) is 24.3 Å². The van der Waals surface area contributed by atoms with Crippen LogP contribution in [0.25, 0.3) is 0 Å². The lowest BCUT2D eigenvalue weighted by atomic mass is 10.0. The summed E-state index contributed by atoms with van der Waals surface area (Å²) >= 11 is 3.55. The van der Waals surface area contributed by atoms with E-state index in [9.17, 15) is 8.78 Å². The maximum absolute atomic E-state index is 13.6. The van der Waals surface area contributed by atoms with Crippen molar-refractivity contribution in [3.8, 4) is 0 Å². The van der Waals surface area contributed by atoms with Crippen molar-refractivity contribution in [2.45, 2.75) is 68.8 Å². The fraction of sp³-hybridized carbons (Fsp3) is 0.351. The molecule has 0 bridgehead atoms. The molecule has 4 aromatic rings. The van der Waals surface area contributed by atoms with Crippen molar-refractivity contribution in [2.75, 3.05) is 11.5 Å². The van der Waals surface area contributed by atoms with Crippen molar-refractivity contribution < 1.29 is 27.7 Å². The predicted octanol–water partition coefficient (Wildman–Crippen LogP) is 8.82. The number of thioether (sulfide) groups is 2. The highest BCUT2D eigenvalue weighted by molar-refractivity contribution is 7.98. The van der Waals surface area contributed by atoms with Crippen LogP contribution in [0.2, 0.25) is 0 Å². The van der Waals surface area contributed by atoms with Gasteiger partial charge in [-0.2, -0.15) is 23.5 Å². The monoisotopic (exact) mass is 650 g/mol. The fourth-order valence-electron chi connectivity index (χ4n) is 5.17. The van der Waals surface area contributed by atoms with Gasteiger partial charge in [-0.1, -0.05) is 84.9 Å². The van der Waals surface area contributed by atoms with Crippen molar-refractivity contribution in [1.29, 1.82) is 0 Å². The Balaban J connectivity index is 1.35. The Morgan fingerprint density at radius 2 is 0.956 bits per heavy atom. The number of hydrogen-bond acceptors (Lipinski definition) is 6. The highest BCUT2D eigenvalue weighted by Gasteiger charge is 2.49. The first-order valence-electron chi connectivity index (χ1n) is 15.2. The van der Waals surface area contributed by atoms with Gasteiger partial charge >= 0.3 is 0 Å². The summed E-state index contributed by atoms with van der Waals surface area (Å²) < 4.78 is 53.5. The number of halogens is 2. The van der Waals surface area contributed by atoms with Gasteiger partial charge in [-0.25, -0.2) is 8.78 Å². The van der Waals surface area contributed by atoms with Gasteiger partial charge in [-0.3, -0.25) is 0 Å². The topological polar surface area (TPSA) is 36.9 Å². The Morgan fingerprint density at radius 3 is 1.33 bits per heavy atom. The number of benzene rings is 4. The first kappa shape index (κ1) is 33.6. The average Bonchev–Trinajstić information content (AvgIpc) is 3.38. The third kappa shape index (κ3) is 10.7. The minimum Gasteiger partial charge on any atom is -0.370 e. The molecule has 4 aromatic carbocycles. The van der Waals surface area contributed by atoms with E-state index in [-0.39, 0.29) is 23.8 Å². The van der Waals surface area contributed by atoms with Crippen molar-refractivity contribution in [1.82, 2.24) is 0 Å². The van der Waals surface area contributed by atoms with Gasteiger partial charge in [0.25, 0.3) is 0 Å². The summed E-state index contributed by atoms with van der Waals surface area (Å²) in [7, 11) is 0. The number of hydrogen-bond donors (Lipinski definition) is 0. The van der Waals surface area contributed by atoms with E-state index in [1.54, 1.807) is 47.8 Å². The lowest BCUT2D eigenvalue weighted by Gasteiger charge is -2.31. The Morgan fingerprint density at radius 1 is 0.578 bits per heavy atom. The molecule has 1 aliphatic heterocycles. The summed E-state index contributed by atoms with van der Waals surface area (Å²) in [5, 5.41) is 0. The Hall–Kier alpha value is -2.72. The Bertz CT molecular complexity index is 1310. The van der Waals surface area contributed by atoms with E-state index < -0.39 is 18.0 Å². The molecule has 0 saturated carbocycles. The van der Waals surface area contributed by atoms with E-state index in [0.717, 1.165) is 22.6 Å². The maximum atomic E-state index is 13.6. The van der Waals surface area contributed by atoms with Crippen LogP contribution in [0.3, 0.4) is 0 Å². The highest BCUT2D eigenvalue weighted by atomic mass is 32.2. The summed E-state index contributed by atoms with van der Waals surface area (Å²) in [6.45, 7) is 4.46. The zero-order chi connectivity index (χ0) is 31.5. The molecule has 238 valence electrons. The largest absolute Gasteiger partial charge is 0.370 e. The van der Waals surface area contributed by atoms with E-state index in [1.807, 2.05) is 50.2 Å². The van der Waals surface area contributed by atoms with Crippen LogP contribution in [0.4, 0.5) is 8.78 Å². The Labute approximate surface area is 273 Å². The third-order valence-electron chi connectivity index (χ3n) is 7.44. The molecule has 8 heteroatoms. The molecule has 1 aliphatic rings. The smallest absolute Gasteiger partial charge is 0.164 e. The van der Waals surface area contributed by atoms with Crippen LogP contribution in [0.1, 0.15) is 36.1 Å². The lowest BCUT2D eigenvalue weighted by Crippen LogP contribution is -2.46. The van der Waals surface area contributed by atoms with E-state index in [1.165, 1.54) is 35.4 Å². The highest BCUT2D eigenvalue weighted by Crippen LogP contribution is 2.36. The first-order valence-corrected chi connectivity index (χ1v) is 17.5. The molecule has 0 aliphatic carbocycles. The molecule has 1 heterocycles. The zero-order valence-electron chi connectivity index (χ0n) is 25.6. The molecular weight excluding hydrogens is 611 g/mol. The molecule has 0 radical (unpaired) electrons. The first-order chi connectivity index (χ1) is 21.8. The molecule has 0 unspecified atom stereocenters. The summed E-state index contributed by atoms with van der Waals surface area (Å²) in [5.74, 6) is 1.58. The van der Waals surface area contributed by atoms with Gasteiger partial charge in [0.1, 0.15) is 23.8 Å². The van der Waals surface area contributed by atoms with Gasteiger partial charge in [0.15, 0.2) is 5.79 Å². The second-order valence-electron chi connectivity index (χ2n) is 11.5. The van der Waals surface area contributed by atoms with Gasteiger partial charge in [0, 0.05) is 23.0 Å². The van der Waals surface area contributed by atoms with Crippen LogP contribution >= 0.6 is 23.5 Å². The van der Waals surface area contributed by atoms with Gasteiger partial charge in [-0.15, -0.1) is 0 Å². The third-order valence-corrected chi connectivity index (χ3v) is 9.64. The van der Waals surface area contributed by atoms with Crippen LogP contribution in [0.5, 0.6) is 0 Å². The SMILES string of the molecule is CC1(C)O[C@H]([C@@H](CSCc2ccccc2)OCc2ccc(F)cc2)[C@@H]([C@@H](CSCc2ccccc2)OCc2ccc(F)cc2)O1. The quantitative estimate of drug-likeness (QED) is 0.121. The van der Waals surface area contributed by atoms with E-state index in [4.69, 9.17) is 18.9 Å². The molecule has 5 rings (SSSR count). The van der Waals surface area contributed by atoms with Gasteiger partial charge < -0.3 is 18.9 Å². The van der Waals surface area contributed by atoms with Crippen molar-refractivity contribution in [3.05, 3.63) is 143 Å². The zero-order valence-corrected chi connectivity index (χ0v) is 27.3. The minimum atomic E-state index is -0.849. The Kier molecular flexibility index (Phi) is 12.5. The molecule has 0 N–H and O–H groups in total. The van der Waals surface area contributed by atoms with Crippen LogP contribution < -0.4 is 0 Å². The van der Waals surface area contributed by atoms with Gasteiger partial charge in [-0.05, 0) is 60.4 Å². The second kappa shape index (κ2) is 16.7. The van der Waals surface area contributed by atoms with E-state index >= 15 is 0 Å². The van der Waals surface area contributed by atoms with Crippen LogP contribution in [0.15, 0.2) is 109 Å². The molecule has 45 heavy (non-hydrogen) atoms. The molecule has 0 amide bonds. The lowest BCUT2D eigenvalue weighted by molar-refractivity contribution is -0.164. The number of rotatable bonds is 16. The summed E-state index contributed by atoms with van der Waals surface area (Å²) in [6, 6.07) is 33.4. The fourth-order valence-corrected chi connectivity index (χ4v) is 7.30.